The predicted molar refractivity (Wildman–Crippen MR) is 58.6 cm³/mol. The van der Waals surface area contributed by atoms with Gasteiger partial charge in [-0.05, 0) is 19.1 Å². The van der Waals surface area contributed by atoms with Crippen molar-refractivity contribution in [1.29, 1.82) is 0 Å². The van der Waals surface area contributed by atoms with Gasteiger partial charge in [0.2, 0.25) is 0 Å². The Morgan fingerprint density at radius 1 is 1.38 bits per heavy atom. The Labute approximate surface area is 92.4 Å². The molecule has 0 aromatic heterocycles. The molecular weight excluding hydrogens is 210 g/mol. The van der Waals surface area contributed by atoms with Crippen molar-refractivity contribution in [2.24, 2.45) is 0 Å². The van der Waals surface area contributed by atoms with Gasteiger partial charge in [0.15, 0.2) is 0 Å². The number of aliphatic carboxylic acids is 1. The smallest absolute Gasteiger partial charge is 0.322 e. The van der Waals surface area contributed by atoms with Crippen LogP contribution >= 0.6 is 0 Å². The van der Waals surface area contributed by atoms with Crippen LogP contribution in [-0.2, 0) is 4.79 Å². The molecule has 1 rings (SSSR count). The molecule has 1 amide bonds. The molecule has 0 spiro atoms. The van der Waals surface area contributed by atoms with Crippen LogP contribution in [0.4, 0.5) is 5.69 Å². The molecule has 0 aliphatic carbocycles. The van der Waals surface area contributed by atoms with E-state index in [1.54, 1.807) is 24.3 Å². The molecule has 6 heteroatoms. The van der Waals surface area contributed by atoms with E-state index in [0.29, 0.717) is 11.3 Å². The number of carbonyl (C=O) groups is 2. The van der Waals surface area contributed by atoms with Crippen molar-refractivity contribution in [3.05, 3.63) is 29.8 Å². The average molecular weight is 223 g/mol. The number of carbonyl (C=O) groups excluding carboxylic acids is 1. The minimum Gasteiger partial charge on any atom is -0.480 e. The number of amides is 1. The van der Waals surface area contributed by atoms with E-state index in [-0.39, 0.29) is 0 Å². The molecule has 0 radical (unpaired) electrons. The first-order valence-electron chi connectivity index (χ1n) is 4.65. The summed E-state index contributed by atoms with van der Waals surface area (Å²) in [6.45, 7) is 1.41. The lowest BCUT2D eigenvalue weighted by Crippen LogP contribution is -2.46. The molecule has 1 aromatic carbocycles. The summed E-state index contributed by atoms with van der Waals surface area (Å²) in [7, 11) is 0. The summed E-state index contributed by atoms with van der Waals surface area (Å²) in [4.78, 5) is 22.0. The molecule has 0 aliphatic rings. The van der Waals surface area contributed by atoms with E-state index in [9.17, 15) is 9.59 Å². The van der Waals surface area contributed by atoms with E-state index in [2.05, 4.69) is 10.9 Å². The third kappa shape index (κ3) is 2.96. The van der Waals surface area contributed by atoms with Gasteiger partial charge in [-0.25, -0.2) is 5.43 Å². The second-order valence-electron chi connectivity index (χ2n) is 3.25. The summed E-state index contributed by atoms with van der Waals surface area (Å²) >= 11 is 0. The molecule has 86 valence electrons. The number of nitrogen functional groups attached to an aromatic ring is 1. The first-order chi connectivity index (χ1) is 7.52. The predicted octanol–water partition coefficient (Wildman–Crippen LogP) is -0.0237. The number of benzene rings is 1. The van der Waals surface area contributed by atoms with Crippen molar-refractivity contribution in [2.45, 2.75) is 13.0 Å². The second kappa shape index (κ2) is 5.13. The van der Waals surface area contributed by atoms with Crippen molar-refractivity contribution in [1.82, 2.24) is 10.9 Å². The SMILES string of the molecule is C[C@H](NNC(=O)c1ccccc1N)C(=O)O. The van der Waals surface area contributed by atoms with Crippen LogP contribution in [0, 0.1) is 0 Å². The quantitative estimate of drug-likeness (QED) is 0.424. The van der Waals surface area contributed by atoms with Crippen LogP contribution in [-0.4, -0.2) is 23.0 Å². The minimum absolute atomic E-state index is 0.299. The van der Waals surface area contributed by atoms with Crippen molar-refractivity contribution < 1.29 is 14.7 Å². The number of carboxylic acids is 1. The van der Waals surface area contributed by atoms with Gasteiger partial charge in [-0.1, -0.05) is 12.1 Å². The summed E-state index contributed by atoms with van der Waals surface area (Å²) < 4.78 is 0. The summed E-state index contributed by atoms with van der Waals surface area (Å²) in [6.07, 6.45) is 0. The van der Waals surface area contributed by atoms with Crippen LogP contribution in [0.25, 0.3) is 0 Å². The minimum atomic E-state index is -1.05. The Morgan fingerprint density at radius 2 is 2.00 bits per heavy atom. The Kier molecular flexibility index (Phi) is 3.84. The van der Waals surface area contributed by atoms with Crippen molar-refractivity contribution in [2.75, 3.05) is 5.73 Å². The van der Waals surface area contributed by atoms with Crippen LogP contribution in [0.1, 0.15) is 17.3 Å². The van der Waals surface area contributed by atoms with Crippen LogP contribution in [0.15, 0.2) is 24.3 Å². The van der Waals surface area contributed by atoms with Gasteiger partial charge >= 0.3 is 5.97 Å². The van der Waals surface area contributed by atoms with Crippen molar-refractivity contribution >= 4 is 17.6 Å². The summed E-state index contributed by atoms with van der Waals surface area (Å²) in [5.41, 5.74) is 10.8. The fourth-order valence-electron chi connectivity index (χ4n) is 1.01. The normalized spacial score (nSPS) is 11.8. The summed E-state index contributed by atoms with van der Waals surface area (Å²) in [5, 5.41) is 8.58. The molecule has 1 aromatic rings. The standard InChI is InChI=1S/C10H13N3O3/c1-6(10(15)16)12-13-9(14)7-4-2-3-5-8(7)11/h2-6,12H,11H2,1H3,(H,13,14)(H,15,16)/t6-/m0/s1. The number of nitrogens with two attached hydrogens (primary N) is 1. The molecule has 0 unspecified atom stereocenters. The Morgan fingerprint density at radius 3 is 2.56 bits per heavy atom. The maximum Gasteiger partial charge on any atom is 0.322 e. The number of nitrogens with one attached hydrogen (secondary N) is 2. The number of hydrazine groups is 1. The van der Waals surface area contributed by atoms with Crippen LogP contribution in [0.3, 0.4) is 0 Å². The maximum atomic E-state index is 11.5. The lowest BCUT2D eigenvalue weighted by Gasteiger charge is -2.11. The molecule has 16 heavy (non-hydrogen) atoms. The van der Waals surface area contributed by atoms with Crippen LogP contribution in [0.2, 0.25) is 0 Å². The molecule has 0 aliphatic heterocycles. The van der Waals surface area contributed by atoms with Crippen LogP contribution in [0.5, 0.6) is 0 Å². The third-order valence-electron chi connectivity index (χ3n) is 1.98. The number of para-hydroxylation sites is 1. The lowest BCUT2D eigenvalue weighted by molar-refractivity contribution is -0.139. The number of carboxylic acid groups (broad SMARTS) is 1. The van der Waals surface area contributed by atoms with E-state index in [0.717, 1.165) is 0 Å². The fourth-order valence-corrected chi connectivity index (χ4v) is 1.01. The molecule has 6 nitrogen and oxygen atoms in total. The van der Waals surface area contributed by atoms with Gasteiger partial charge in [-0.15, -0.1) is 0 Å². The van der Waals surface area contributed by atoms with Gasteiger partial charge in [-0.3, -0.25) is 15.0 Å². The average Bonchev–Trinajstić information content (AvgIpc) is 2.25. The first kappa shape index (κ1) is 12.0. The number of hydrogen-bond acceptors (Lipinski definition) is 4. The third-order valence-corrected chi connectivity index (χ3v) is 1.98. The number of rotatable bonds is 4. The van der Waals surface area contributed by atoms with Gasteiger partial charge in [0.05, 0.1) is 5.56 Å². The van der Waals surface area contributed by atoms with E-state index in [1.165, 1.54) is 6.92 Å². The van der Waals surface area contributed by atoms with Gasteiger partial charge < -0.3 is 10.8 Å². The highest BCUT2D eigenvalue weighted by Gasteiger charge is 2.13. The maximum absolute atomic E-state index is 11.5. The molecule has 0 saturated carbocycles. The van der Waals surface area contributed by atoms with E-state index in [1.807, 2.05) is 0 Å². The topological polar surface area (TPSA) is 104 Å². The monoisotopic (exact) mass is 223 g/mol. The fraction of sp³-hybridized carbons (Fsp3) is 0.200. The highest BCUT2D eigenvalue weighted by Crippen LogP contribution is 2.09. The van der Waals surface area contributed by atoms with Gasteiger partial charge in [-0.2, -0.15) is 0 Å². The molecule has 0 fully saturated rings. The molecule has 5 N–H and O–H groups in total. The number of hydrogen-bond donors (Lipinski definition) is 4. The van der Waals surface area contributed by atoms with Crippen molar-refractivity contribution in [3.63, 3.8) is 0 Å². The zero-order chi connectivity index (χ0) is 12.1. The zero-order valence-corrected chi connectivity index (χ0v) is 8.73. The molecular formula is C10H13N3O3. The van der Waals surface area contributed by atoms with Gasteiger partial charge in [0.25, 0.3) is 5.91 Å². The Hall–Kier alpha value is -2.08. The van der Waals surface area contributed by atoms with Crippen LogP contribution < -0.4 is 16.6 Å². The summed E-state index contributed by atoms with van der Waals surface area (Å²) in [6, 6.07) is 5.66. The first-order valence-corrected chi connectivity index (χ1v) is 4.65. The van der Waals surface area contributed by atoms with Gasteiger partial charge in [0.1, 0.15) is 6.04 Å². The van der Waals surface area contributed by atoms with E-state index < -0.39 is 17.9 Å². The summed E-state index contributed by atoms with van der Waals surface area (Å²) in [5.74, 6) is -1.52. The molecule has 1 atom stereocenters. The highest BCUT2D eigenvalue weighted by atomic mass is 16.4. The highest BCUT2D eigenvalue weighted by molar-refractivity contribution is 5.98. The lowest BCUT2D eigenvalue weighted by atomic mass is 10.2. The number of anilines is 1. The molecule has 0 bridgehead atoms. The molecule has 0 heterocycles. The van der Waals surface area contributed by atoms with Crippen molar-refractivity contribution in [3.8, 4) is 0 Å². The Bertz CT molecular complexity index is 406. The second-order valence-corrected chi connectivity index (χ2v) is 3.25. The largest absolute Gasteiger partial charge is 0.480 e. The zero-order valence-electron chi connectivity index (χ0n) is 8.73. The van der Waals surface area contributed by atoms with E-state index >= 15 is 0 Å². The van der Waals surface area contributed by atoms with E-state index in [4.69, 9.17) is 10.8 Å². The Balaban J connectivity index is 2.60. The molecule has 0 saturated heterocycles. The van der Waals surface area contributed by atoms with Gasteiger partial charge in [0, 0.05) is 5.69 Å².